The summed E-state index contributed by atoms with van der Waals surface area (Å²) in [6, 6.07) is 9.58. The number of nitrogens with one attached hydrogen (secondary N) is 1. The second kappa shape index (κ2) is 4.49. The summed E-state index contributed by atoms with van der Waals surface area (Å²) in [4.78, 5) is 15.8. The van der Waals surface area contributed by atoms with Gasteiger partial charge in [-0.3, -0.25) is 9.36 Å². The monoisotopic (exact) mass is 279 g/mol. The third-order valence-corrected chi connectivity index (χ3v) is 2.70. The van der Waals surface area contributed by atoms with E-state index in [2.05, 4.69) is 26.2 Å². The van der Waals surface area contributed by atoms with Gasteiger partial charge in [0.15, 0.2) is 0 Å². The SMILES string of the molecule is Cn1c(Nc2ccccc2)ncc(Br)c1=O. The molecule has 0 bridgehead atoms. The molecule has 0 spiro atoms. The fourth-order valence-corrected chi connectivity index (χ4v) is 1.65. The second-order valence-corrected chi connectivity index (χ2v) is 4.14. The van der Waals surface area contributed by atoms with Crippen LogP contribution >= 0.6 is 15.9 Å². The average Bonchev–Trinajstić information content (AvgIpc) is 2.31. The van der Waals surface area contributed by atoms with Crippen LogP contribution in [0.15, 0.2) is 45.8 Å². The zero-order valence-electron chi connectivity index (χ0n) is 8.64. The zero-order chi connectivity index (χ0) is 11.5. The number of halogens is 1. The normalized spacial score (nSPS) is 10.1. The van der Waals surface area contributed by atoms with Crippen LogP contribution in [-0.4, -0.2) is 9.55 Å². The van der Waals surface area contributed by atoms with E-state index in [1.807, 2.05) is 30.3 Å². The van der Waals surface area contributed by atoms with Crippen molar-refractivity contribution in [3.05, 3.63) is 51.4 Å². The average molecular weight is 280 g/mol. The van der Waals surface area contributed by atoms with Gasteiger partial charge in [-0.25, -0.2) is 4.98 Å². The number of anilines is 2. The van der Waals surface area contributed by atoms with E-state index in [0.29, 0.717) is 10.4 Å². The van der Waals surface area contributed by atoms with Crippen LogP contribution in [-0.2, 0) is 7.05 Å². The molecule has 1 aromatic heterocycles. The first kappa shape index (κ1) is 10.9. The highest BCUT2D eigenvalue weighted by Crippen LogP contribution is 2.12. The molecule has 0 aliphatic carbocycles. The molecule has 1 N–H and O–H groups in total. The largest absolute Gasteiger partial charge is 0.326 e. The number of para-hydroxylation sites is 1. The van der Waals surface area contributed by atoms with Gasteiger partial charge in [-0.1, -0.05) is 18.2 Å². The lowest BCUT2D eigenvalue weighted by Gasteiger charge is -2.09. The molecule has 5 heteroatoms. The molecule has 0 radical (unpaired) electrons. The van der Waals surface area contributed by atoms with Crippen LogP contribution in [0.4, 0.5) is 11.6 Å². The summed E-state index contributed by atoms with van der Waals surface area (Å²) in [5.41, 5.74) is 0.778. The third kappa shape index (κ3) is 2.14. The van der Waals surface area contributed by atoms with Crippen LogP contribution in [0.1, 0.15) is 0 Å². The van der Waals surface area contributed by atoms with Gasteiger partial charge in [0.1, 0.15) is 4.47 Å². The predicted octanol–water partition coefficient (Wildman–Crippen LogP) is 2.29. The van der Waals surface area contributed by atoms with Gasteiger partial charge in [0, 0.05) is 12.7 Å². The minimum absolute atomic E-state index is 0.117. The van der Waals surface area contributed by atoms with Gasteiger partial charge >= 0.3 is 0 Å². The maximum absolute atomic E-state index is 11.6. The lowest BCUT2D eigenvalue weighted by Crippen LogP contribution is -2.21. The van der Waals surface area contributed by atoms with Crippen molar-refractivity contribution in [2.45, 2.75) is 0 Å². The Bertz CT molecular complexity index is 551. The fourth-order valence-electron chi connectivity index (χ4n) is 1.28. The number of benzene rings is 1. The number of hydrogen-bond acceptors (Lipinski definition) is 3. The molecule has 2 rings (SSSR count). The summed E-state index contributed by atoms with van der Waals surface area (Å²) in [5.74, 6) is 0.513. The summed E-state index contributed by atoms with van der Waals surface area (Å²) in [6.07, 6.45) is 1.49. The van der Waals surface area contributed by atoms with Crippen molar-refractivity contribution < 1.29 is 0 Å². The Morgan fingerprint density at radius 1 is 1.31 bits per heavy atom. The zero-order valence-corrected chi connectivity index (χ0v) is 10.2. The molecule has 16 heavy (non-hydrogen) atoms. The van der Waals surface area contributed by atoms with E-state index in [0.717, 1.165) is 5.69 Å². The lowest BCUT2D eigenvalue weighted by molar-refractivity contribution is 0.831. The van der Waals surface area contributed by atoms with Crippen LogP contribution in [0.5, 0.6) is 0 Å². The van der Waals surface area contributed by atoms with Crippen molar-refractivity contribution in [2.24, 2.45) is 7.05 Å². The van der Waals surface area contributed by atoms with E-state index < -0.39 is 0 Å². The van der Waals surface area contributed by atoms with Gasteiger partial charge < -0.3 is 5.32 Å². The standard InChI is InChI=1S/C11H10BrN3O/c1-15-10(16)9(12)7-13-11(15)14-8-5-3-2-4-6-8/h2-7H,1H3,(H,13,14). The van der Waals surface area contributed by atoms with E-state index in [4.69, 9.17) is 0 Å². The minimum Gasteiger partial charge on any atom is -0.326 e. The second-order valence-electron chi connectivity index (χ2n) is 3.28. The molecule has 0 aliphatic heterocycles. The van der Waals surface area contributed by atoms with Crippen molar-refractivity contribution in [3.8, 4) is 0 Å². The molecule has 0 unspecified atom stereocenters. The van der Waals surface area contributed by atoms with Crippen LogP contribution in [0.3, 0.4) is 0 Å². The molecule has 1 aromatic carbocycles. The van der Waals surface area contributed by atoms with Crippen molar-refractivity contribution in [1.82, 2.24) is 9.55 Å². The Balaban J connectivity index is 2.37. The Kier molecular flexibility index (Phi) is 3.05. The van der Waals surface area contributed by atoms with Crippen molar-refractivity contribution in [1.29, 1.82) is 0 Å². The summed E-state index contributed by atoms with van der Waals surface area (Å²) < 4.78 is 1.91. The molecule has 0 saturated heterocycles. The molecule has 0 fully saturated rings. The van der Waals surface area contributed by atoms with Crippen LogP contribution in [0, 0.1) is 0 Å². The van der Waals surface area contributed by atoms with Gasteiger partial charge in [0.2, 0.25) is 5.95 Å². The summed E-state index contributed by atoms with van der Waals surface area (Å²) in [5, 5.41) is 3.07. The summed E-state index contributed by atoms with van der Waals surface area (Å²) >= 11 is 3.14. The Labute approximate surface area is 101 Å². The summed E-state index contributed by atoms with van der Waals surface area (Å²) in [6.45, 7) is 0. The van der Waals surface area contributed by atoms with Gasteiger partial charge in [-0.05, 0) is 28.1 Å². The van der Waals surface area contributed by atoms with E-state index in [-0.39, 0.29) is 5.56 Å². The molecule has 0 saturated carbocycles. The molecule has 0 amide bonds. The van der Waals surface area contributed by atoms with E-state index in [1.165, 1.54) is 10.8 Å². The number of hydrogen-bond donors (Lipinski definition) is 1. The number of nitrogens with zero attached hydrogens (tertiary/aromatic N) is 2. The van der Waals surface area contributed by atoms with Crippen LogP contribution in [0.25, 0.3) is 0 Å². The van der Waals surface area contributed by atoms with Gasteiger partial charge in [0.25, 0.3) is 5.56 Å². The quantitative estimate of drug-likeness (QED) is 0.918. The molecule has 1 heterocycles. The Morgan fingerprint density at radius 2 is 2.00 bits per heavy atom. The van der Waals surface area contributed by atoms with Crippen molar-refractivity contribution in [3.63, 3.8) is 0 Å². The first-order valence-electron chi connectivity index (χ1n) is 4.72. The third-order valence-electron chi connectivity index (χ3n) is 2.16. The Hall–Kier alpha value is -1.62. The van der Waals surface area contributed by atoms with Gasteiger partial charge in [0.05, 0.1) is 6.20 Å². The van der Waals surface area contributed by atoms with E-state index >= 15 is 0 Å². The summed E-state index contributed by atoms with van der Waals surface area (Å²) in [7, 11) is 1.67. The predicted molar refractivity (Wildman–Crippen MR) is 66.9 cm³/mol. The van der Waals surface area contributed by atoms with Crippen molar-refractivity contribution >= 4 is 27.6 Å². The van der Waals surface area contributed by atoms with Gasteiger partial charge in [-0.15, -0.1) is 0 Å². The molecule has 0 atom stereocenters. The van der Waals surface area contributed by atoms with Crippen molar-refractivity contribution in [2.75, 3.05) is 5.32 Å². The smallest absolute Gasteiger partial charge is 0.268 e. The maximum Gasteiger partial charge on any atom is 0.268 e. The molecular formula is C11H10BrN3O. The highest BCUT2D eigenvalue weighted by molar-refractivity contribution is 9.10. The minimum atomic E-state index is -0.117. The highest BCUT2D eigenvalue weighted by atomic mass is 79.9. The van der Waals surface area contributed by atoms with Crippen LogP contribution < -0.4 is 10.9 Å². The number of aromatic nitrogens is 2. The molecule has 0 aliphatic rings. The lowest BCUT2D eigenvalue weighted by atomic mass is 10.3. The molecule has 2 aromatic rings. The first-order valence-corrected chi connectivity index (χ1v) is 5.51. The van der Waals surface area contributed by atoms with E-state index in [1.54, 1.807) is 7.05 Å². The highest BCUT2D eigenvalue weighted by Gasteiger charge is 2.04. The van der Waals surface area contributed by atoms with E-state index in [9.17, 15) is 4.79 Å². The molecule has 82 valence electrons. The van der Waals surface area contributed by atoms with Gasteiger partial charge in [-0.2, -0.15) is 0 Å². The molecule has 4 nitrogen and oxygen atoms in total. The maximum atomic E-state index is 11.6. The Morgan fingerprint density at radius 3 is 2.69 bits per heavy atom. The molecular weight excluding hydrogens is 270 g/mol. The fraction of sp³-hybridized carbons (Fsp3) is 0.0909. The topological polar surface area (TPSA) is 46.9 Å². The number of rotatable bonds is 2. The first-order chi connectivity index (χ1) is 7.68. The van der Waals surface area contributed by atoms with Crippen LogP contribution in [0.2, 0.25) is 0 Å².